The van der Waals surface area contributed by atoms with Crippen molar-refractivity contribution >= 4 is 42.7 Å². The van der Waals surface area contributed by atoms with Gasteiger partial charge >= 0.3 is 0 Å². The van der Waals surface area contributed by atoms with Gasteiger partial charge in [0.25, 0.3) is 0 Å². The van der Waals surface area contributed by atoms with Gasteiger partial charge in [0.1, 0.15) is 10.3 Å². The Morgan fingerprint density at radius 2 is 1.74 bits per heavy atom. The number of carbonyl (C=O) groups is 1. The number of hydrogen-bond donors (Lipinski definition) is 2. The van der Waals surface area contributed by atoms with Crippen molar-refractivity contribution in [1.82, 2.24) is 24.5 Å². The van der Waals surface area contributed by atoms with Gasteiger partial charge in [0.05, 0.1) is 17.9 Å². The normalized spacial score (nSPS) is 20.6. The van der Waals surface area contributed by atoms with E-state index in [1.807, 2.05) is 18.2 Å². The van der Waals surface area contributed by atoms with Crippen molar-refractivity contribution in [3.63, 3.8) is 0 Å². The zero-order valence-electron chi connectivity index (χ0n) is 24.1. The summed E-state index contributed by atoms with van der Waals surface area (Å²) in [6.07, 6.45) is 7.57. The minimum atomic E-state index is -3.60. The van der Waals surface area contributed by atoms with Crippen LogP contribution in [0.5, 0.6) is 5.88 Å². The van der Waals surface area contributed by atoms with E-state index < -0.39 is 15.9 Å². The highest BCUT2D eigenvalue weighted by atomic mass is 32.2. The molecule has 1 atom stereocenters. The summed E-state index contributed by atoms with van der Waals surface area (Å²) in [5.74, 6) is 0.453. The van der Waals surface area contributed by atoms with Crippen molar-refractivity contribution in [2.75, 3.05) is 51.7 Å². The molecule has 4 heterocycles. The molecule has 2 aromatic heterocycles. The highest BCUT2D eigenvalue weighted by Gasteiger charge is 2.32. The van der Waals surface area contributed by atoms with Crippen molar-refractivity contribution in [3.8, 4) is 5.88 Å². The number of aromatic nitrogens is 2. The lowest BCUT2D eigenvalue weighted by atomic mass is 9.87. The number of sulfonamides is 1. The second-order valence-electron chi connectivity index (χ2n) is 11.6. The standard InChI is InChI=1S/C30H40N6O4S2/c1-40-27-11-10-26-29(33-27)41-30(32-26)34-28(37)25(20-21-4-2-3-5-21)22-6-8-24(9-7-22)42(38,39)36-18-16-35(17-19-36)23-12-14-31-15-13-23/h6-11,21,23,25,31H,2-5,12-20H2,1H3,(H,32,34,37). The summed E-state index contributed by atoms with van der Waals surface area (Å²) in [4.78, 5) is 26.1. The molecule has 3 aliphatic rings. The van der Waals surface area contributed by atoms with Gasteiger partial charge in [-0.1, -0.05) is 49.2 Å². The van der Waals surface area contributed by atoms with Crippen LogP contribution in [0.2, 0.25) is 0 Å². The van der Waals surface area contributed by atoms with Gasteiger partial charge in [0, 0.05) is 38.3 Å². The predicted molar refractivity (Wildman–Crippen MR) is 165 cm³/mol. The van der Waals surface area contributed by atoms with E-state index >= 15 is 0 Å². The zero-order valence-corrected chi connectivity index (χ0v) is 25.8. The fourth-order valence-corrected chi connectivity index (χ4v) is 8.89. The molecule has 6 rings (SSSR count). The number of nitrogens with zero attached hydrogens (tertiary/aromatic N) is 4. The molecule has 42 heavy (non-hydrogen) atoms. The van der Waals surface area contributed by atoms with Crippen molar-refractivity contribution in [3.05, 3.63) is 42.0 Å². The Balaban J connectivity index is 1.16. The highest BCUT2D eigenvalue weighted by molar-refractivity contribution is 7.89. The number of methoxy groups -OCH3 is 1. The molecule has 1 saturated carbocycles. The lowest BCUT2D eigenvalue weighted by Gasteiger charge is -2.40. The van der Waals surface area contributed by atoms with Gasteiger partial charge in [-0.05, 0) is 62.0 Å². The first-order chi connectivity index (χ1) is 20.4. The number of thiazole rings is 1. The van der Waals surface area contributed by atoms with Gasteiger partial charge in [-0.2, -0.15) is 4.31 Å². The van der Waals surface area contributed by atoms with Crippen LogP contribution in [-0.4, -0.2) is 85.9 Å². The summed E-state index contributed by atoms with van der Waals surface area (Å²) in [5, 5.41) is 6.92. The third-order valence-corrected chi connectivity index (χ3v) is 11.8. The fraction of sp³-hybridized carbons (Fsp3) is 0.567. The van der Waals surface area contributed by atoms with E-state index in [-0.39, 0.29) is 10.8 Å². The average molecular weight is 613 g/mol. The summed E-state index contributed by atoms with van der Waals surface area (Å²) in [6.45, 7) is 4.59. The largest absolute Gasteiger partial charge is 0.481 e. The van der Waals surface area contributed by atoms with Crippen molar-refractivity contribution < 1.29 is 17.9 Å². The number of benzene rings is 1. The molecule has 2 aliphatic heterocycles. The summed E-state index contributed by atoms with van der Waals surface area (Å²) in [5.41, 5.74) is 1.53. The molecule has 10 nitrogen and oxygen atoms in total. The molecule has 226 valence electrons. The molecular weight excluding hydrogens is 573 g/mol. The average Bonchev–Trinajstić information content (AvgIpc) is 3.69. The number of nitrogens with one attached hydrogen (secondary N) is 2. The number of anilines is 1. The van der Waals surface area contributed by atoms with Crippen molar-refractivity contribution in [2.45, 2.75) is 61.8 Å². The number of fused-ring (bicyclic) bond motifs is 1. The van der Waals surface area contributed by atoms with Crippen LogP contribution in [-0.2, 0) is 14.8 Å². The monoisotopic (exact) mass is 612 g/mol. The second kappa shape index (κ2) is 12.9. The van der Waals surface area contributed by atoms with E-state index in [9.17, 15) is 13.2 Å². The van der Waals surface area contributed by atoms with Crippen LogP contribution in [0, 0.1) is 5.92 Å². The number of pyridine rings is 1. The Morgan fingerprint density at radius 3 is 2.43 bits per heavy atom. The number of piperazine rings is 1. The van der Waals surface area contributed by atoms with Gasteiger partial charge in [-0.15, -0.1) is 0 Å². The Bertz CT molecular complexity index is 1480. The molecule has 2 saturated heterocycles. The van der Waals surface area contributed by atoms with Gasteiger partial charge in [0.15, 0.2) is 5.13 Å². The number of carbonyl (C=O) groups excluding carboxylic acids is 1. The summed E-state index contributed by atoms with van der Waals surface area (Å²) < 4.78 is 33.9. The van der Waals surface area contributed by atoms with E-state index in [4.69, 9.17) is 4.74 Å². The molecule has 0 spiro atoms. The van der Waals surface area contributed by atoms with Crippen LogP contribution in [0.4, 0.5) is 5.13 Å². The number of hydrogen-bond acceptors (Lipinski definition) is 9. The van der Waals surface area contributed by atoms with Crippen LogP contribution in [0.1, 0.15) is 56.4 Å². The maximum Gasteiger partial charge on any atom is 0.243 e. The third-order valence-electron chi connectivity index (χ3n) is 9.05. The van der Waals surface area contributed by atoms with E-state index in [1.54, 1.807) is 29.6 Å². The van der Waals surface area contributed by atoms with E-state index in [0.29, 0.717) is 46.4 Å². The summed E-state index contributed by atoms with van der Waals surface area (Å²) in [6, 6.07) is 11.1. The van der Waals surface area contributed by atoms with Crippen molar-refractivity contribution in [2.24, 2.45) is 5.92 Å². The Kier molecular flexibility index (Phi) is 9.06. The number of rotatable bonds is 9. The molecule has 12 heteroatoms. The summed E-state index contributed by atoms with van der Waals surface area (Å²) >= 11 is 1.32. The van der Waals surface area contributed by atoms with Crippen LogP contribution in [0.25, 0.3) is 10.3 Å². The molecule has 3 aromatic rings. The first kappa shape index (κ1) is 29.4. The first-order valence-electron chi connectivity index (χ1n) is 15.1. The van der Waals surface area contributed by atoms with E-state index in [2.05, 4.69) is 25.5 Å². The molecule has 3 fully saturated rings. The first-order valence-corrected chi connectivity index (χ1v) is 17.3. The molecule has 0 bridgehead atoms. The van der Waals surface area contributed by atoms with Gasteiger partial charge in [0.2, 0.25) is 21.8 Å². The number of amides is 1. The minimum Gasteiger partial charge on any atom is -0.481 e. The molecule has 1 amide bonds. The zero-order chi connectivity index (χ0) is 29.1. The smallest absolute Gasteiger partial charge is 0.243 e. The van der Waals surface area contributed by atoms with Crippen LogP contribution < -0.4 is 15.4 Å². The van der Waals surface area contributed by atoms with E-state index in [1.165, 1.54) is 24.2 Å². The third kappa shape index (κ3) is 6.47. The van der Waals surface area contributed by atoms with Crippen LogP contribution in [0.15, 0.2) is 41.3 Å². The summed E-state index contributed by atoms with van der Waals surface area (Å²) in [7, 11) is -2.03. The topological polar surface area (TPSA) is 117 Å². The SMILES string of the molecule is COc1ccc2nc(NC(=O)C(CC3CCCC3)c3ccc(S(=O)(=O)N4CCN(C5CCNCC5)CC4)cc3)sc2n1. The lowest BCUT2D eigenvalue weighted by Crippen LogP contribution is -2.53. The number of ether oxygens (including phenoxy) is 1. The Hall–Kier alpha value is -2.64. The van der Waals surface area contributed by atoms with Gasteiger partial charge in [-0.25, -0.2) is 18.4 Å². The molecule has 1 unspecified atom stereocenters. The fourth-order valence-electron chi connectivity index (χ4n) is 6.64. The minimum absolute atomic E-state index is 0.127. The lowest BCUT2D eigenvalue weighted by molar-refractivity contribution is -0.118. The van der Waals surface area contributed by atoms with E-state index in [0.717, 1.165) is 63.8 Å². The van der Waals surface area contributed by atoms with Crippen LogP contribution >= 0.6 is 11.3 Å². The molecule has 0 radical (unpaired) electrons. The molecule has 1 aromatic carbocycles. The van der Waals surface area contributed by atoms with Gasteiger partial charge < -0.3 is 15.4 Å². The molecule has 1 aliphatic carbocycles. The Morgan fingerprint density at radius 1 is 1.02 bits per heavy atom. The van der Waals surface area contributed by atoms with Crippen LogP contribution in [0.3, 0.4) is 0 Å². The maximum absolute atomic E-state index is 13.7. The Labute approximate surface area is 251 Å². The van der Waals surface area contributed by atoms with Gasteiger partial charge in [-0.3, -0.25) is 9.69 Å². The molecular formula is C30H40N6O4S2. The highest BCUT2D eigenvalue weighted by Crippen LogP contribution is 2.36. The second-order valence-corrected chi connectivity index (χ2v) is 14.5. The van der Waals surface area contributed by atoms with Crippen molar-refractivity contribution in [1.29, 1.82) is 0 Å². The quantitative estimate of drug-likeness (QED) is 0.372. The molecule has 2 N–H and O–H groups in total. The predicted octanol–water partition coefficient (Wildman–Crippen LogP) is 4.06. The number of piperidine rings is 1. The maximum atomic E-state index is 13.7.